The summed E-state index contributed by atoms with van der Waals surface area (Å²) in [6.07, 6.45) is 1.71. The lowest BCUT2D eigenvalue weighted by molar-refractivity contribution is -0.113. The second-order valence-electron chi connectivity index (χ2n) is 5.10. The molecule has 1 aliphatic rings. The largest absolute Gasteiger partial charge is 0.497 e. The smallest absolute Gasteiger partial charge is 0.270 e. The first-order valence-corrected chi connectivity index (χ1v) is 8.51. The molecule has 1 saturated heterocycles. The molecule has 2 aromatic rings. The number of ether oxygens (including phenoxy) is 2. The van der Waals surface area contributed by atoms with Gasteiger partial charge in [0.2, 0.25) is 0 Å². The molecule has 2 aromatic carbocycles. The predicted molar refractivity (Wildman–Crippen MR) is 102 cm³/mol. The van der Waals surface area contributed by atoms with Crippen molar-refractivity contribution in [1.29, 1.82) is 0 Å². The van der Waals surface area contributed by atoms with Crippen molar-refractivity contribution in [2.24, 2.45) is 0 Å². The molecule has 0 saturated carbocycles. The van der Waals surface area contributed by atoms with E-state index >= 15 is 0 Å². The van der Waals surface area contributed by atoms with Gasteiger partial charge in [-0.15, -0.1) is 0 Å². The van der Waals surface area contributed by atoms with E-state index in [1.807, 2.05) is 0 Å². The molecule has 128 valence electrons. The van der Waals surface area contributed by atoms with Gasteiger partial charge in [0.15, 0.2) is 4.32 Å². The summed E-state index contributed by atoms with van der Waals surface area (Å²) in [6, 6.07) is 11.0. The zero-order valence-electron chi connectivity index (χ0n) is 13.5. The van der Waals surface area contributed by atoms with Crippen LogP contribution in [0.2, 0.25) is 0 Å². The minimum Gasteiger partial charge on any atom is -0.497 e. The van der Waals surface area contributed by atoms with E-state index in [0.717, 1.165) is 0 Å². The Morgan fingerprint density at radius 1 is 1.12 bits per heavy atom. The van der Waals surface area contributed by atoms with Crippen LogP contribution in [0, 0.1) is 5.82 Å². The first-order chi connectivity index (χ1) is 12.0. The number of carbonyl (C=O) groups excluding carboxylic acids is 1. The molecule has 1 aliphatic heterocycles. The van der Waals surface area contributed by atoms with Crippen molar-refractivity contribution in [2.75, 3.05) is 19.1 Å². The molecule has 0 atom stereocenters. The molecule has 0 unspecified atom stereocenters. The summed E-state index contributed by atoms with van der Waals surface area (Å²) in [5.74, 6) is 0.645. The van der Waals surface area contributed by atoms with Crippen LogP contribution >= 0.6 is 24.0 Å². The van der Waals surface area contributed by atoms with Gasteiger partial charge in [-0.05, 0) is 48.5 Å². The van der Waals surface area contributed by atoms with E-state index in [1.165, 1.54) is 40.9 Å². The Morgan fingerprint density at radius 2 is 1.84 bits per heavy atom. The number of rotatable bonds is 4. The Morgan fingerprint density at radius 3 is 2.48 bits per heavy atom. The zero-order chi connectivity index (χ0) is 18.0. The first kappa shape index (κ1) is 17.4. The average Bonchev–Trinajstić information content (AvgIpc) is 2.89. The topological polar surface area (TPSA) is 38.8 Å². The Bertz CT molecular complexity index is 865. The highest BCUT2D eigenvalue weighted by Gasteiger charge is 2.33. The van der Waals surface area contributed by atoms with E-state index in [4.69, 9.17) is 21.7 Å². The van der Waals surface area contributed by atoms with E-state index in [0.29, 0.717) is 32.0 Å². The number of benzene rings is 2. The van der Waals surface area contributed by atoms with Crippen molar-refractivity contribution in [3.05, 3.63) is 58.8 Å². The fourth-order valence-corrected chi connectivity index (χ4v) is 3.66. The molecule has 25 heavy (non-hydrogen) atoms. The SMILES string of the molecule is COc1ccc(OC)c(/C=C2\SC(=S)N(c3ccc(F)cc3)C2=O)c1. The fourth-order valence-electron chi connectivity index (χ4n) is 2.37. The number of amides is 1. The maximum absolute atomic E-state index is 13.1. The molecule has 0 aliphatic carbocycles. The molecule has 3 rings (SSSR count). The number of thioether (sulfide) groups is 1. The number of thiocarbonyl (C=S) groups is 1. The molecule has 1 fully saturated rings. The molecule has 0 N–H and O–H groups in total. The normalized spacial score (nSPS) is 15.8. The molecular weight excluding hydrogens is 361 g/mol. The van der Waals surface area contributed by atoms with E-state index in [-0.39, 0.29) is 11.7 Å². The fraction of sp³-hybridized carbons (Fsp3) is 0.111. The molecule has 1 heterocycles. The van der Waals surface area contributed by atoms with Crippen LogP contribution in [0.5, 0.6) is 11.5 Å². The third-order valence-corrected chi connectivity index (χ3v) is 4.90. The minimum atomic E-state index is -0.370. The second-order valence-corrected chi connectivity index (χ2v) is 6.78. The molecule has 7 heteroatoms. The molecule has 0 aromatic heterocycles. The van der Waals surface area contributed by atoms with E-state index in [1.54, 1.807) is 38.5 Å². The summed E-state index contributed by atoms with van der Waals surface area (Å²) in [7, 11) is 3.13. The highest BCUT2D eigenvalue weighted by Crippen LogP contribution is 2.37. The van der Waals surface area contributed by atoms with E-state index in [2.05, 4.69) is 0 Å². The number of hydrogen-bond donors (Lipinski definition) is 0. The monoisotopic (exact) mass is 375 g/mol. The lowest BCUT2D eigenvalue weighted by Gasteiger charge is -2.14. The van der Waals surface area contributed by atoms with Gasteiger partial charge in [0, 0.05) is 5.56 Å². The van der Waals surface area contributed by atoms with Crippen LogP contribution in [-0.2, 0) is 4.79 Å². The van der Waals surface area contributed by atoms with Gasteiger partial charge < -0.3 is 9.47 Å². The summed E-state index contributed by atoms with van der Waals surface area (Å²) in [4.78, 5) is 14.6. The van der Waals surface area contributed by atoms with E-state index in [9.17, 15) is 9.18 Å². The van der Waals surface area contributed by atoms with Crippen LogP contribution in [0.4, 0.5) is 10.1 Å². The van der Waals surface area contributed by atoms with Gasteiger partial charge in [-0.1, -0.05) is 24.0 Å². The van der Waals surface area contributed by atoms with Crippen molar-refractivity contribution < 1.29 is 18.7 Å². The van der Waals surface area contributed by atoms with Crippen LogP contribution in [0.15, 0.2) is 47.4 Å². The molecule has 0 bridgehead atoms. The number of nitrogens with zero attached hydrogens (tertiary/aromatic N) is 1. The number of anilines is 1. The Labute approximate surface area is 154 Å². The second kappa shape index (κ2) is 7.25. The molecule has 1 amide bonds. The molecule has 0 radical (unpaired) electrons. The van der Waals surface area contributed by atoms with Gasteiger partial charge in [-0.25, -0.2) is 4.39 Å². The van der Waals surface area contributed by atoms with Crippen LogP contribution in [-0.4, -0.2) is 24.4 Å². The van der Waals surface area contributed by atoms with Gasteiger partial charge in [-0.2, -0.15) is 0 Å². The van der Waals surface area contributed by atoms with Gasteiger partial charge in [0.25, 0.3) is 5.91 Å². The summed E-state index contributed by atoms with van der Waals surface area (Å²) >= 11 is 6.50. The van der Waals surface area contributed by atoms with Gasteiger partial charge in [-0.3, -0.25) is 9.69 Å². The summed E-state index contributed by atoms with van der Waals surface area (Å²) in [5.41, 5.74) is 1.24. The number of halogens is 1. The summed E-state index contributed by atoms with van der Waals surface area (Å²) < 4.78 is 24.1. The van der Waals surface area contributed by atoms with E-state index < -0.39 is 0 Å². The Hall–Kier alpha value is -2.38. The van der Waals surface area contributed by atoms with Crippen LogP contribution < -0.4 is 14.4 Å². The van der Waals surface area contributed by atoms with Crippen LogP contribution in [0.1, 0.15) is 5.56 Å². The maximum atomic E-state index is 13.1. The standard InChI is InChI=1S/C18H14FNO3S2/c1-22-14-7-8-15(23-2)11(9-14)10-16-17(21)20(18(24)25-16)13-5-3-12(19)4-6-13/h3-10H,1-2H3/b16-10-. The molecule has 4 nitrogen and oxygen atoms in total. The molecule has 0 spiro atoms. The summed E-state index contributed by atoms with van der Waals surface area (Å²) in [5, 5.41) is 0. The quantitative estimate of drug-likeness (QED) is 0.590. The molecular formula is C18H14FNO3S2. The Kier molecular flexibility index (Phi) is 5.06. The predicted octanol–water partition coefficient (Wildman–Crippen LogP) is 4.25. The lowest BCUT2D eigenvalue weighted by Crippen LogP contribution is -2.27. The van der Waals surface area contributed by atoms with Crippen LogP contribution in [0.25, 0.3) is 6.08 Å². The highest BCUT2D eigenvalue weighted by molar-refractivity contribution is 8.27. The van der Waals surface area contributed by atoms with Crippen LogP contribution in [0.3, 0.4) is 0 Å². The van der Waals surface area contributed by atoms with Crippen molar-refractivity contribution in [2.45, 2.75) is 0 Å². The van der Waals surface area contributed by atoms with Crippen molar-refractivity contribution in [3.63, 3.8) is 0 Å². The maximum Gasteiger partial charge on any atom is 0.270 e. The van der Waals surface area contributed by atoms with Crippen molar-refractivity contribution in [3.8, 4) is 11.5 Å². The van der Waals surface area contributed by atoms with Gasteiger partial charge in [0.1, 0.15) is 17.3 Å². The third-order valence-electron chi connectivity index (χ3n) is 3.60. The van der Waals surface area contributed by atoms with Crippen molar-refractivity contribution >= 4 is 46.0 Å². The first-order valence-electron chi connectivity index (χ1n) is 7.29. The Balaban J connectivity index is 1.97. The average molecular weight is 375 g/mol. The number of carbonyl (C=O) groups is 1. The number of hydrogen-bond acceptors (Lipinski definition) is 5. The van der Waals surface area contributed by atoms with Gasteiger partial charge >= 0.3 is 0 Å². The number of methoxy groups -OCH3 is 2. The third kappa shape index (κ3) is 3.52. The van der Waals surface area contributed by atoms with Crippen molar-refractivity contribution in [1.82, 2.24) is 0 Å². The summed E-state index contributed by atoms with van der Waals surface area (Å²) in [6.45, 7) is 0. The highest BCUT2D eigenvalue weighted by atomic mass is 32.2. The zero-order valence-corrected chi connectivity index (χ0v) is 15.1. The van der Waals surface area contributed by atoms with Gasteiger partial charge in [0.05, 0.1) is 24.8 Å². The minimum absolute atomic E-state index is 0.258. The lowest BCUT2D eigenvalue weighted by atomic mass is 10.1.